The second kappa shape index (κ2) is 5.03. The topological polar surface area (TPSA) is 47.6 Å². The molecule has 0 radical (unpaired) electrons. The van der Waals surface area contributed by atoms with Gasteiger partial charge in [0.15, 0.2) is 23.3 Å². The van der Waals surface area contributed by atoms with Crippen LogP contribution in [0, 0.1) is 29.1 Å². The monoisotopic (exact) mass is 355 g/mol. The molecule has 1 atom stereocenters. The minimum atomic E-state index is -2.27. The summed E-state index contributed by atoms with van der Waals surface area (Å²) in [6, 6.07) is 6.05. The Labute approximate surface area is 136 Å². The van der Waals surface area contributed by atoms with E-state index in [1.165, 1.54) is 12.1 Å². The molecular formula is C16H6F5NO3. The van der Waals surface area contributed by atoms with Crippen LogP contribution in [0.5, 0.6) is 0 Å². The first kappa shape index (κ1) is 15.6. The number of ether oxygens (including phenoxy) is 1. The maximum Gasteiger partial charge on any atom is 0.341 e. The lowest BCUT2D eigenvalue weighted by atomic mass is 10.0. The molecular weight excluding hydrogens is 349 g/mol. The van der Waals surface area contributed by atoms with E-state index in [0.717, 1.165) is 6.08 Å². The average Bonchev–Trinajstić information content (AvgIpc) is 3.14. The van der Waals surface area contributed by atoms with Gasteiger partial charge in [0.25, 0.3) is 5.79 Å². The number of carbonyl (C=O) groups is 1. The number of esters is 1. The second-order valence-corrected chi connectivity index (χ2v) is 5.31. The van der Waals surface area contributed by atoms with Gasteiger partial charge in [-0.15, -0.1) is 0 Å². The summed E-state index contributed by atoms with van der Waals surface area (Å²) in [6.45, 7) is 0. The van der Waals surface area contributed by atoms with Crippen LogP contribution in [-0.4, -0.2) is 5.97 Å². The Morgan fingerprint density at radius 1 is 0.880 bits per heavy atom. The van der Waals surface area contributed by atoms with Gasteiger partial charge in [0.2, 0.25) is 5.82 Å². The molecule has 4 nitrogen and oxygen atoms in total. The van der Waals surface area contributed by atoms with Crippen LogP contribution in [0.2, 0.25) is 0 Å². The molecule has 2 heterocycles. The average molecular weight is 355 g/mol. The van der Waals surface area contributed by atoms with Crippen LogP contribution in [0.1, 0.15) is 21.5 Å². The normalized spacial score (nSPS) is 21.2. The van der Waals surface area contributed by atoms with Crippen LogP contribution in [0.25, 0.3) is 5.70 Å². The van der Waals surface area contributed by atoms with Gasteiger partial charge in [0.05, 0.1) is 16.8 Å². The van der Waals surface area contributed by atoms with Crippen molar-refractivity contribution in [3.63, 3.8) is 0 Å². The molecule has 0 aromatic heterocycles. The minimum Gasteiger partial charge on any atom is -0.419 e. The molecule has 1 unspecified atom stereocenters. The highest BCUT2D eigenvalue weighted by Gasteiger charge is 2.50. The van der Waals surface area contributed by atoms with Crippen molar-refractivity contribution in [3.05, 3.63) is 76.1 Å². The number of hydroxylamine groups is 1. The van der Waals surface area contributed by atoms with Crippen molar-refractivity contribution in [2.24, 2.45) is 0 Å². The molecule has 1 N–H and O–H groups in total. The summed E-state index contributed by atoms with van der Waals surface area (Å²) >= 11 is 0. The van der Waals surface area contributed by atoms with Crippen molar-refractivity contribution in [3.8, 4) is 0 Å². The Morgan fingerprint density at radius 2 is 1.48 bits per heavy atom. The van der Waals surface area contributed by atoms with Gasteiger partial charge in [0.1, 0.15) is 0 Å². The van der Waals surface area contributed by atoms with E-state index < -0.39 is 52.1 Å². The van der Waals surface area contributed by atoms with E-state index in [9.17, 15) is 26.7 Å². The molecule has 0 bridgehead atoms. The van der Waals surface area contributed by atoms with Gasteiger partial charge in [-0.1, -0.05) is 18.2 Å². The summed E-state index contributed by atoms with van der Waals surface area (Å²) in [6.07, 6.45) is 0.939. The molecule has 0 saturated heterocycles. The van der Waals surface area contributed by atoms with Gasteiger partial charge < -0.3 is 4.74 Å². The first-order valence-corrected chi connectivity index (χ1v) is 6.87. The molecule has 128 valence electrons. The SMILES string of the molecule is O=C1OC2(C=C(c3c(F)c(F)c(F)c(F)c3F)NO2)c2ccccc21. The van der Waals surface area contributed by atoms with Crippen molar-refractivity contribution in [1.82, 2.24) is 5.48 Å². The maximum absolute atomic E-state index is 13.9. The molecule has 1 spiro atoms. The van der Waals surface area contributed by atoms with E-state index in [2.05, 4.69) is 5.48 Å². The van der Waals surface area contributed by atoms with Crippen LogP contribution in [-0.2, 0) is 15.4 Å². The lowest BCUT2D eigenvalue weighted by Crippen LogP contribution is -2.27. The predicted molar refractivity (Wildman–Crippen MR) is 72.0 cm³/mol. The Morgan fingerprint density at radius 3 is 2.16 bits per heavy atom. The van der Waals surface area contributed by atoms with Crippen LogP contribution in [0.15, 0.2) is 30.3 Å². The smallest absolute Gasteiger partial charge is 0.341 e. The minimum absolute atomic E-state index is 0.152. The number of halogens is 5. The van der Waals surface area contributed by atoms with Crippen molar-refractivity contribution in [2.45, 2.75) is 5.79 Å². The molecule has 0 aliphatic carbocycles. The summed E-state index contributed by atoms with van der Waals surface area (Å²) < 4.78 is 72.9. The molecule has 0 saturated carbocycles. The highest BCUT2D eigenvalue weighted by Crippen LogP contribution is 2.43. The highest BCUT2D eigenvalue weighted by atomic mass is 19.2. The number of carbonyl (C=O) groups excluding carboxylic acids is 1. The molecule has 2 aromatic rings. The van der Waals surface area contributed by atoms with Crippen LogP contribution < -0.4 is 5.48 Å². The molecule has 4 rings (SSSR count). The Hall–Kier alpha value is -2.94. The number of benzene rings is 2. The van der Waals surface area contributed by atoms with Gasteiger partial charge >= 0.3 is 5.97 Å². The van der Waals surface area contributed by atoms with E-state index >= 15 is 0 Å². The molecule has 0 amide bonds. The van der Waals surface area contributed by atoms with Gasteiger partial charge in [-0.2, -0.15) is 0 Å². The van der Waals surface area contributed by atoms with E-state index in [1.54, 1.807) is 12.1 Å². The fraction of sp³-hybridized carbons (Fsp3) is 0.0625. The van der Waals surface area contributed by atoms with Gasteiger partial charge in [-0.25, -0.2) is 31.6 Å². The van der Waals surface area contributed by atoms with E-state index in [4.69, 9.17) is 9.57 Å². The molecule has 25 heavy (non-hydrogen) atoms. The zero-order valence-electron chi connectivity index (χ0n) is 12.0. The van der Waals surface area contributed by atoms with E-state index in [0.29, 0.717) is 0 Å². The lowest BCUT2D eigenvalue weighted by molar-refractivity contribution is -0.181. The number of nitrogens with one attached hydrogen (secondary N) is 1. The van der Waals surface area contributed by atoms with Crippen molar-refractivity contribution < 1.29 is 36.3 Å². The summed E-state index contributed by atoms with van der Waals surface area (Å²) in [5.74, 6) is -13.1. The molecule has 2 aliphatic rings. The van der Waals surface area contributed by atoms with Crippen molar-refractivity contribution in [1.29, 1.82) is 0 Å². The molecule has 0 fully saturated rings. The number of rotatable bonds is 1. The molecule has 2 aliphatic heterocycles. The van der Waals surface area contributed by atoms with Crippen molar-refractivity contribution in [2.75, 3.05) is 0 Å². The Balaban J connectivity index is 1.89. The first-order chi connectivity index (χ1) is 11.9. The van der Waals surface area contributed by atoms with Crippen LogP contribution in [0.4, 0.5) is 22.0 Å². The standard InChI is InChI=1S/C16H6F5NO3/c17-10-9(11(18)13(20)14(21)12(10)19)8-5-16(25-22-8)7-4-2-1-3-6(7)15(23)24-16/h1-5,22H. The lowest BCUT2D eigenvalue weighted by Gasteiger charge is -2.18. The Kier molecular flexibility index (Phi) is 3.13. The zero-order valence-corrected chi connectivity index (χ0v) is 12.0. The molecule has 2 aromatic carbocycles. The quantitative estimate of drug-likeness (QED) is 0.369. The van der Waals surface area contributed by atoms with Crippen LogP contribution in [0.3, 0.4) is 0 Å². The van der Waals surface area contributed by atoms with Crippen molar-refractivity contribution >= 4 is 11.7 Å². The third-order valence-electron chi connectivity index (χ3n) is 3.89. The fourth-order valence-corrected chi connectivity index (χ4v) is 2.74. The highest BCUT2D eigenvalue weighted by molar-refractivity contribution is 5.95. The van der Waals surface area contributed by atoms with Gasteiger partial charge in [-0.05, 0) is 6.07 Å². The predicted octanol–water partition coefficient (Wildman–Crippen LogP) is 3.28. The number of hydrogen-bond donors (Lipinski definition) is 1. The second-order valence-electron chi connectivity index (χ2n) is 5.31. The zero-order chi connectivity index (χ0) is 17.9. The third kappa shape index (κ3) is 1.99. The van der Waals surface area contributed by atoms with E-state index in [1.807, 2.05) is 0 Å². The number of hydrogen-bond acceptors (Lipinski definition) is 4. The summed E-state index contributed by atoms with van der Waals surface area (Å²) in [5, 5.41) is 0. The van der Waals surface area contributed by atoms with Gasteiger partial charge in [0, 0.05) is 11.6 Å². The largest absolute Gasteiger partial charge is 0.419 e. The summed E-state index contributed by atoms with van der Waals surface area (Å²) in [4.78, 5) is 17.0. The first-order valence-electron chi connectivity index (χ1n) is 6.87. The summed E-state index contributed by atoms with van der Waals surface area (Å²) in [7, 11) is 0. The fourth-order valence-electron chi connectivity index (χ4n) is 2.74. The van der Waals surface area contributed by atoms with Crippen LogP contribution >= 0.6 is 0 Å². The Bertz CT molecular complexity index is 945. The number of fused-ring (bicyclic) bond motifs is 2. The van der Waals surface area contributed by atoms with Gasteiger partial charge in [-0.3, -0.25) is 5.48 Å². The molecule has 9 heteroatoms. The third-order valence-corrected chi connectivity index (χ3v) is 3.89. The maximum atomic E-state index is 13.9. The van der Waals surface area contributed by atoms with E-state index in [-0.39, 0.29) is 11.1 Å². The summed E-state index contributed by atoms with van der Waals surface area (Å²) in [5.41, 5.74) is 0.679.